The maximum absolute atomic E-state index is 11.8. The van der Waals surface area contributed by atoms with E-state index in [1.807, 2.05) is 19.1 Å². The van der Waals surface area contributed by atoms with Gasteiger partial charge in [-0.1, -0.05) is 27.7 Å². The van der Waals surface area contributed by atoms with E-state index in [2.05, 4.69) is 38.3 Å². The van der Waals surface area contributed by atoms with E-state index in [0.29, 0.717) is 23.8 Å². The number of nitrogens with two attached hydrogens (primary N) is 1. The molecular formula is C16H25N3O. The highest BCUT2D eigenvalue weighted by molar-refractivity contribution is 5.96. The molecule has 1 saturated carbocycles. The van der Waals surface area contributed by atoms with Crippen LogP contribution in [0.5, 0.6) is 0 Å². The van der Waals surface area contributed by atoms with Gasteiger partial charge in [0.1, 0.15) is 0 Å². The second-order valence-corrected chi connectivity index (χ2v) is 6.68. The molecule has 110 valence electrons. The highest BCUT2D eigenvalue weighted by atomic mass is 16.1. The molecule has 1 aliphatic rings. The quantitative estimate of drug-likeness (QED) is 0.740. The second kappa shape index (κ2) is 4.69. The van der Waals surface area contributed by atoms with Gasteiger partial charge in [-0.05, 0) is 36.0 Å². The number of hydrogen-bond acceptors (Lipinski definition) is 3. The zero-order chi connectivity index (χ0) is 15.1. The first-order valence-electron chi connectivity index (χ1n) is 7.16. The molecule has 1 aliphatic carbocycles. The molecule has 1 aromatic carbocycles. The Hall–Kier alpha value is -1.71. The molecule has 0 spiro atoms. The predicted octanol–water partition coefficient (Wildman–Crippen LogP) is 2.87. The van der Waals surface area contributed by atoms with Crippen molar-refractivity contribution in [2.45, 2.75) is 40.7 Å². The standard InChI is InChI=1S/C16H25N3O/c1-6-18-13(20)10-7-8-12(11(17)9-10)19-14-15(2,3)16(14,4)5/h7-9,14,19H,6,17H2,1-5H3,(H,18,20). The zero-order valence-corrected chi connectivity index (χ0v) is 13.0. The van der Waals surface area contributed by atoms with Gasteiger partial charge in [-0.3, -0.25) is 4.79 Å². The number of anilines is 2. The number of nitrogens with one attached hydrogen (secondary N) is 2. The van der Waals surface area contributed by atoms with Crippen LogP contribution in [0.1, 0.15) is 45.0 Å². The first-order chi connectivity index (χ1) is 9.21. The summed E-state index contributed by atoms with van der Waals surface area (Å²) in [7, 11) is 0. The van der Waals surface area contributed by atoms with Gasteiger partial charge in [-0.2, -0.15) is 0 Å². The molecule has 1 amide bonds. The molecule has 20 heavy (non-hydrogen) atoms. The lowest BCUT2D eigenvalue weighted by Gasteiger charge is -2.12. The molecule has 1 aromatic rings. The van der Waals surface area contributed by atoms with Gasteiger partial charge < -0.3 is 16.4 Å². The largest absolute Gasteiger partial charge is 0.397 e. The smallest absolute Gasteiger partial charge is 0.251 e. The van der Waals surface area contributed by atoms with Crippen LogP contribution in [0, 0.1) is 10.8 Å². The van der Waals surface area contributed by atoms with Crippen LogP contribution in [0.2, 0.25) is 0 Å². The van der Waals surface area contributed by atoms with Crippen molar-refractivity contribution in [3.05, 3.63) is 23.8 Å². The zero-order valence-electron chi connectivity index (χ0n) is 13.0. The molecule has 4 heteroatoms. The normalized spacial score (nSPS) is 19.4. The lowest BCUT2D eigenvalue weighted by atomic mass is 10.0. The molecule has 0 unspecified atom stereocenters. The SMILES string of the molecule is CCNC(=O)c1ccc(NC2C(C)(C)C2(C)C)c(N)c1. The van der Waals surface area contributed by atoms with Crippen molar-refractivity contribution < 1.29 is 4.79 Å². The van der Waals surface area contributed by atoms with Crippen molar-refractivity contribution in [1.82, 2.24) is 5.32 Å². The molecule has 1 fully saturated rings. The maximum Gasteiger partial charge on any atom is 0.251 e. The van der Waals surface area contributed by atoms with E-state index in [4.69, 9.17) is 5.73 Å². The van der Waals surface area contributed by atoms with Gasteiger partial charge in [0.2, 0.25) is 0 Å². The third-order valence-corrected chi connectivity index (χ3v) is 4.97. The van der Waals surface area contributed by atoms with Crippen molar-refractivity contribution in [2.24, 2.45) is 10.8 Å². The maximum atomic E-state index is 11.8. The number of carbonyl (C=O) groups is 1. The van der Waals surface area contributed by atoms with Crippen molar-refractivity contribution >= 4 is 17.3 Å². The lowest BCUT2D eigenvalue weighted by Crippen LogP contribution is -2.22. The van der Waals surface area contributed by atoms with E-state index in [-0.39, 0.29) is 16.7 Å². The van der Waals surface area contributed by atoms with E-state index < -0.39 is 0 Å². The minimum atomic E-state index is -0.0853. The molecule has 0 radical (unpaired) electrons. The van der Waals surface area contributed by atoms with Crippen molar-refractivity contribution in [3.63, 3.8) is 0 Å². The first kappa shape index (κ1) is 14.7. The lowest BCUT2D eigenvalue weighted by molar-refractivity contribution is 0.0956. The first-order valence-corrected chi connectivity index (χ1v) is 7.16. The highest BCUT2D eigenvalue weighted by Crippen LogP contribution is 2.63. The van der Waals surface area contributed by atoms with Crippen LogP contribution in [0.3, 0.4) is 0 Å². The molecule has 0 heterocycles. The fourth-order valence-corrected chi connectivity index (χ4v) is 2.81. The van der Waals surface area contributed by atoms with Gasteiger partial charge in [0.15, 0.2) is 0 Å². The molecule has 0 aromatic heterocycles. The van der Waals surface area contributed by atoms with Crippen LogP contribution in [0.25, 0.3) is 0 Å². The fraction of sp³-hybridized carbons (Fsp3) is 0.562. The topological polar surface area (TPSA) is 67.2 Å². The fourth-order valence-electron chi connectivity index (χ4n) is 2.81. The minimum Gasteiger partial charge on any atom is -0.397 e. The molecule has 0 aliphatic heterocycles. The summed E-state index contributed by atoms with van der Waals surface area (Å²) in [4.78, 5) is 11.8. The van der Waals surface area contributed by atoms with Gasteiger partial charge in [-0.25, -0.2) is 0 Å². The number of rotatable bonds is 4. The second-order valence-electron chi connectivity index (χ2n) is 6.68. The van der Waals surface area contributed by atoms with Crippen LogP contribution in [-0.2, 0) is 0 Å². The monoisotopic (exact) mass is 275 g/mol. The molecule has 0 bridgehead atoms. The van der Waals surface area contributed by atoms with E-state index >= 15 is 0 Å². The predicted molar refractivity (Wildman–Crippen MR) is 83.8 cm³/mol. The van der Waals surface area contributed by atoms with Crippen LogP contribution >= 0.6 is 0 Å². The van der Waals surface area contributed by atoms with Crippen LogP contribution < -0.4 is 16.4 Å². The summed E-state index contributed by atoms with van der Waals surface area (Å²) in [6.07, 6.45) is 0. The van der Waals surface area contributed by atoms with Gasteiger partial charge >= 0.3 is 0 Å². The van der Waals surface area contributed by atoms with Crippen LogP contribution in [0.15, 0.2) is 18.2 Å². The number of benzene rings is 1. The van der Waals surface area contributed by atoms with Gasteiger partial charge in [0.05, 0.1) is 11.4 Å². The van der Waals surface area contributed by atoms with E-state index in [1.54, 1.807) is 6.07 Å². The van der Waals surface area contributed by atoms with Crippen LogP contribution in [-0.4, -0.2) is 18.5 Å². The van der Waals surface area contributed by atoms with Crippen molar-refractivity contribution in [2.75, 3.05) is 17.6 Å². The Morgan fingerprint density at radius 3 is 2.30 bits per heavy atom. The Labute approximate surface area is 121 Å². The van der Waals surface area contributed by atoms with Gasteiger partial charge in [0.25, 0.3) is 5.91 Å². The molecular weight excluding hydrogens is 250 g/mol. The number of carbonyl (C=O) groups excluding carboxylic acids is 1. The Bertz CT molecular complexity index is 521. The van der Waals surface area contributed by atoms with Crippen LogP contribution in [0.4, 0.5) is 11.4 Å². The third-order valence-electron chi connectivity index (χ3n) is 4.97. The molecule has 4 nitrogen and oxygen atoms in total. The average Bonchev–Trinajstić information content (AvgIpc) is 2.74. The third kappa shape index (κ3) is 2.23. The Morgan fingerprint density at radius 2 is 1.85 bits per heavy atom. The summed E-state index contributed by atoms with van der Waals surface area (Å²) in [5.74, 6) is -0.0853. The van der Waals surface area contributed by atoms with E-state index in [1.165, 1.54) is 0 Å². The summed E-state index contributed by atoms with van der Waals surface area (Å²) >= 11 is 0. The average molecular weight is 275 g/mol. The summed E-state index contributed by atoms with van der Waals surface area (Å²) in [5, 5.41) is 6.28. The molecule has 2 rings (SSSR count). The Balaban J connectivity index is 2.14. The highest BCUT2D eigenvalue weighted by Gasteiger charge is 2.64. The molecule has 4 N–H and O–H groups in total. The summed E-state index contributed by atoms with van der Waals surface area (Å²) < 4.78 is 0. The van der Waals surface area contributed by atoms with Gasteiger partial charge in [-0.15, -0.1) is 0 Å². The summed E-state index contributed by atoms with van der Waals surface area (Å²) in [5.41, 5.74) is 8.68. The molecule has 0 atom stereocenters. The summed E-state index contributed by atoms with van der Waals surface area (Å²) in [6.45, 7) is 11.5. The molecule has 0 saturated heterocycles. The Morgan fingerprint density at radius 1 is 1.25 bits per heavy atom. The van der Waals surface area contributed by atoms with E-state index in [0.717, 1.165) is 5.69 Å². The number of nitrogen functional groups attached to an aromatic ring is 1. The van der Waals surface area contributed by atoms with E-state index in [9.17, 15) is 4.79 Å². The number of amides is 1. The Kier molecular flexibility index (Phi) is 3.44. The number of hydrogen-bond donors (Lipinski definition) is 3. The van der Waals surface area contributed by atoms with Crippen molar-refractivity contribution in [3.8, 4) is 0 Å². The van der Waals surface area contributed by atoms with Crippen molar-refractivity contribution in [1.29, 1.82) is 0 Å². The van der Waals surface area contributed by atoms with Gasteiger partial charge in [0, 0.05) is 18.2 Å². The summed E-state index contributed by atoms with van der Waals surface area (Å²) in [6, 6.07) is 5.83. The minimum absolute atomic E-state index is 0.0853.